The van der Waals surface area contributed by atoms with E-state index in [4.69, 9.17) is 4.74 Å². The average molecular weight is 252 g/mol. The van der Waals surface area contributed by atoms with E-state index in [9.17, 15) is 4.39 Å². The third kappa shape index (κ3) is 3.00. The summed E-state index contributed by atoms with van der Waals surface area (Å²) in [7, 11) is 1.49. The van der Waals surface area contributed by atoms with E-state index in [-0.39, 0.29) is 5.82 Å². The summed E-state index contributed by atoms with van der Waals surface area (Å²) in [6.07, 6.45) is 1.12. The number of ether oxygens (including phenoxy) is 1. The number of halogens is 1. The Morgan fingerprint density at radius 3 is 3.00 bits per heavy atom. The molecule has 0 bridgehead atoms. The van der Waals surface area contributed by atoms with Gasteiger partial charge < -0.3 is 10.1 Å². The van der Waals surface area contributed by atoms with Gasteiger partial charge in [-0.15, -0.1) is 0 Å². The van der Waals surface area contributed by atoms with Crippen LogP contribution in [0.5, 0.6) is 5.75 Å². The lowest BCUT2D eigenvalue weighted by molar-refractivity contribution is 0.149. The number of nitrogens with zero attached hydrogens (tertiary/aromatic N) is 1. The van der Waals surface area contributed by atoms with Crippen molar-refractivity contribution in [3.05, 3.63) is 29.6 Å². The summed E-state index contributed by atoms with van der Waals surface area (Å²) in [6, 6.07) is 5.77. The van der Waals surface area contributed by atoms with E-state index < -0.39 is 0 Å². The Balaban J connectivity index is 2.05. The fraction of sp³-hybridized carbons (Fsp3) is 0.571. The number of methoxy groups -OCH3 is 1. The topological polar surface area (TPSA) is 24.5 Å². The van der Waals surface area contributed by atoms with Gasteiger partial charge in [-0.05, 0) is 24.1 Å². The minimum atomic E-state index is -0.279. The Morgan fingerprint density at radius 1 is 1.50 bits per heavy atom. The molecule has 1 heterocycles. The molecule has 0 amide bonds. The molecule has 4 heteroatoms. The van der Waals surface area contributed by atoms with Gasteiger partial charge in [0.15, 0.2) is 11.6 Å². The molecule has 1 atom stereocenters. The lowest BCUT2D eigenvalue weighted by atomic mass is 10.1. The van der Waals surface area contributed by atoms with Crippen molar-refractivity contribution < 1.29 is 9.13 Å². The summed E-state index contributed by atoms with van der Waals surface area (Å²) >= 11 is 0. The standard InChI is InChI=1S/C14H21FN2O/c1-3-12-9-16-6-7-17(12)10-11-4-5-14(18-2)13(15)8-11/h4-5,8,12,16H,3,6-7,9-10H2,1-2H3. The largest absolute Gasteiger partial charge is 0.494 e. The van der Waals surface area contributed by atoms with Gasteiger partial charge in [-0.25, -0.2) is 4.39 Å². The highest BCUT2D eigenvalue weighted by Crippen LogP contribution is 2.20. The number of nitrogens with one attached hydrogen (secondary N) is 1. The Labute approximate surface area is 108 Å². The molecule has 1 aromatic rings. The molecule has 3 nitrogen and oxygen atoms in total. The number of rotatable bonds is 4. The molecule has 1 unspecified atom stereocenters. The SMILES string of the molecule is CCC1CNCCN1Cc1ccc(OC)c(F)c1. The van der Waals surface area contributed by atoms with Crippen molar-refractivity contribution in [2.24, 2.45) is 0 Å². The second kappa shape index (κ2) is 6.16. The quantitative estimate of drug-likeness (QED) is 0.887. The Morgan fingerprint density at radius 2 is 2.33 bits per heavy atom. The molecule has 0 spiro atoms. The van der Waals surface area contributed by atoms with Crippen molar-refractivity contribution in [1.82, 2.24) is 10.2 Å². The molecule has 100 valence electrons. The van der Waals surface area contributed by atoms with Gasteiger partial charge in [0, 0.05) is 32.2 Å². The minimum Gasteiger partial charge on any atom is -0.494 e. The first kappa shape index (κ1) is 13.3. The molecular formula is C14H21FN2O. The highest BCUT2D eigenvalue weighted by Gasteiger charge is 2.20. The van der Waals surface area contributed by atoms with Crippen LogP contribution in [0.1, 0.15) is 18.9 Å². The van der Waals surface area contributed by atoms with Gasteiger partial charge in [0.05, 0.1) is 7.11 Å². The summed E-state index contributed by atoms with van der Waals surface area (Å²) in [6.45, 7) is 6.05. The van der Waals surface area contributed by atoms with Crippen molar-refractivity contribution in [2.45, 2.75) is 25.9 Å². The summed E-state index contributed by atoms with van der Waals surface area (Å²) in [4.78, 5) is 2.41. The smallest absolute Gasteiger partial charge is 0.165 e. The Bertz CT molecular complexity index is 397. The van der Waals surface area contributed by atoms with Crippen LogP contribution >= 0.6 is 0 Å². The predicted octanol–water partition coefficient (Wildman–Crippen LogP) is 2.02. The van der Waals surface area contributed by atoms with Gasteiger partial charge in [0.25, 0.3) is 0 Å². The van der Waals surface area contributed by atoms with E-state index in [2.05, 4.69) is 17.1 Å². The average Bonchev–Trinajstić information content (AvgIpc) is 2.39. The van der Waals surface area contributed by atoms with Crippen LogP contribution in [-0.2, 0) is 6.54 Å². The molecule has 1 aromatic carbocycles. The molecule has 0 aliphatic carbocycles. The number of hydrogen-bond acceptors (Lipinski definition) is 3. The Kier molecular flexibility index (Phi) is 4.55. The summed E-state index contributed by atoms with van der Waals surface area (Å²) in [5.41, 5.74) is 1.01. The summed E-state index contributed by atoms with van der Waals surface area (Å²) in [5.74, 6) is 0.0317. The number of hydrogen-bond donors (Lipinski definition) is 1. The monoisotopic (exact) mass is 252 g/mol. The zero-order valence-electron chi connectivity index (χ0n) is 11.1. The van der Waals surface area contributed by atoms with Crippen LogP contribution in [-0.4, -0.2) is 37.7 Å². The maximum absolute atomic E-state index is 13.6. The molecule has 1 N–H and O–H groups in total. The lowest BCUT2D eigenvalue weighted by Crippen LogP contribution is -2.50. The summed E-state index contributed by atoms with van der Waals surface area (Å²) in [5, 5.41) is 3.40. The van der Waals surface area contributed by atoms with Crippen LogP contribution in [0.25, 0.3) is 0 Å². The van der Waals surface area contributed by atoms with Gasteiger partial charge in [0.2, 0.25) is 0 Å². The first-order valence-corrected chi connectivity index (χ1v) is 6.51. The summed E-state index contributed by atoms with van der Waals surface area (Å²) < 4.78 is 18.6. The van der Waals surface area contributed by atoms with Crippen molar-refractivity contribution >= 4 is 0 Å². The van der Waals surface area contributed by atoms with Crippen LogP contribution in [0, 0.1) is 5.82 Å². The highest BCUT2D eigenvalue weighted by atomic mass is 19.1. The second-order valence-corrected chi connectivity index (χ2v) is 4.71. The van der Waals surface area contributed by atoms with Crippen molar-refractivity contribution in [3.63, 3.8) is 0 Å². The van der Waals surface area contributed by atoms with Gasteiger partial charge in [0.1, 0.15) is 0 Å². The van der Waals surface area contributed by atoms with Crippen LogP contribution in [0.2, 0.25) is 0 Å². The van der Waals surface area contributed by atoms with E-state index >= 15 is 0 Å². The van der Waals surface area contributed by atoms with Crippen molar-refractivity contribution in [1.29, 1.82) is 0 Å². The first-order chi connectivity index (χ1) is 8.74. The maximum Gasteiger partial charge on any atom is 0.165 e. The normalized spacial score (nSPS) is 20.9. The van der Waals surface area contributed by atoms with Crippen LogP contribution in [0.3, 0.4) is 0 Å². The molecule has 1 fully saturated rings. The number of piperazine rings is 1. The van der Waals surface area contributed by atoms with Gasteiger partial charge in [-0.2, -0.15) is 0 Å². The first-order valence-electron chi connectivity index (χ1n) is 6.51. The highest BCUT2D eigenvalue weighted by molar-refractivity contribution is 5.29. The third-order valence-corrected chi connectivity index (χ3v) is 3.55. The maximum atomic E-state index is 13.6. The van der Waals surface area contributed by atoms with Crippen LogP contribution in [0.15, 0.2) is 18.2 Å². The van der Waals surface area contributed by atoms with Gasteiger partial charge >= 0.3 is 0 Å². The Hall–Kier alpha value is -1.13. The molecule has 1 saturated heterocycles. The predicted molar refractivity (Wildman–Crippen MR) is 70.3 cm³/mol. The molecule has 1 aliphatic rings. The third-order valence-electron chi connectivity index (χ3n) is 3.55. The van der Waals surface area contributed by atoms with E-state index in [1.807, 2.05) is 6.07 Å². The molecule has 2 rings (SSSR count). The zero-order chi connectivity index (χ0) is 13.0. The van der Waals surface area contributed by atoms with Gasteiger partial charge in [-0.1, -0.05) is 13.0 Å². The van der Waals surface area contributed by atoms with Crippen molar-refractivity contribution in [2.75, 3.05) is 26.7 Å². The number of benzene rings is 1. The fourth-order valence-electron chi connectivity index (χ4n) is 2.46. The zero-order valence-corrected chi connectivity index (χ0v) is 11.1. The molecule has 18 heavy (non-hydrogen) atoms. The van der Waals surface area contributed by atoms with E-state index in [1.165, 1.54) is 7.11 Å². The second-order valence-electron chi connectivity index (χ2n) is 4.71. The van der Waals surface area contributed by atoms with E-state index in [0.29, 0.717) is 11.8 Å². The van der Waals surface area contributed by atoms with E-state index in [0.717, 1.165) is 38.2 Å². The molecule has 0 aromatic heterocycles. The van der Waals surface area contributed by atoms with Gasteiger partial charge in [-0.3, -0.25) is 4.90 Å². The molecule has 0 radical (unpaired) electrons. The lowest BCUT2D eigenvalue weighted by Gasteiger charge is -2.35. The fourth-order valence-corrected chi connectivity index (χ4v) is 2.46. The molecule has 0 saturated carbocycles. The minimum absolute atomic E-state index is 0.279. The van der Waals surface area contributed by atoms with Crippen LogP contribution < -0.4 is 10.1 Å². The van der Waals surface area contributed by atoms with E-state index in [1.54, 1.807) is 12.1 Å². The molecular weight excluding hydrogens is 231 g/mol. The van der Waals surface area contributed by atoms with Crippen LogP contribution in [0.4, 0.5) is 4.39 Å². The molecule has 1 aliphatic heterocycles. The van der Waals surface area contributed by atoms with Crippen molar-refractivity contribution in [3.8, 4) is 5.75 Å².